The highest BCUT2D eigenvalue weighted by atomic mass is 32.2. The zero-order chi connectivity index (χ0) is 27.7. The molecule has 3 heterocycles. The van der Waals surface area contributed by atoms with Crippen LogP contribution in [0.3, 0.4) is 0 Å². The summed E-state index contributed by atoms with van der Waals surface area (Å²) in [5, 5.41) is -0.230. The van der Waals surface area contributed by atoms with Crippen LogP contribution in [0.4, 0.5) is 10.2 Å². The van der Waals surface area contributed by atoms with Crippen molar-refractivity contribution in [3.8, 4) is 17.0 Å². The number of aryl methyl sites for hydroxylation is 1. The number of rotatable bonds is 8. The molecule has 0 spiro atoms. The molecule has 39 heavy (non-hydrogen) atoms. The first-order chi connectivity index (χ1) is 18.6. The number of nitrogens with one attached hydrogen (secondary N) is 1. The highest BCUT2D eigenvalue weighted by molar-refractivity contribution is 7.90. The van der Waals surface area contributed by atoms with Crippen LogP contribution in [-0.4, -0.2) is 44.0 Å². The first kappa shape index (κ1) is 27.1. The molecule has 2 aliphatic rings. The summed E-state index contributed by atoms with van der Waals surface area (Å²) >= 11 is 0. The van der Waals surface area contributed by atoms with E-state index >= 15 is 0 Å². The van der Waals surface area contributed by atoms with Gasteiger partial charge in [-0.05, 0) is 80.3 Å². The van der Waals surface area contributed by atoms with Crippen LogP contribution in [0.15, 0.2) is 53.6 Å². The smallest absolute Gasteiger partial charge is 0.281 e. The van der Waals surface area contributed by atoms with E-state index in [9.17, 15) is 17.6 Å². The summed E-state index contributed by atoms with van der Waals surface area (Å²) in [6, 6.07) is 12.2. The van der Waals surface area contributed by atoms with Crippen molar-refractivity contribution in [1.29, 1.82) is 0 Å². The number of halogens is 1. The number of hydrogen-bond acceptors (Lipinski definition) is 7. The van der Waals surface area contributed by atoms with Gasteiger partial charge >= 0.3 is 0 Å². The molecule has 10 heteroatoms. The molecule has 1 saturated carbocycles. The molecule has 2 fully saturated rings. The number of nitrogens with zero attached hydrogens (tertiary/aromatic N) is 3. The third-order valence-electron chi connectivity index (χ3n) is 7.14. The molecule has 1 amide bonds. The Hall–Kier alpha value is -3.53. The summed E-state index contributed by atoms with van der Waals surface area (Å²) in [6.45, 7) is 7.60. The SMILES string of the molecule is Cc1cccc(S(=O)(=O)NC(=O)c2ccc(-c3cc(F)cc(OCC(C)C)c3)nc2N2CC3CC[C@@H](C3)C2)n1.[HH].[HH]. The minimum atomic E-state index is -4.20. The minimum absolute atomic E-state index is 0. The zero-order valence-corrected chi connectivity index (χ0v) is 23.2. The van der Waals surface area contributed by atoms with Gasteiger partial charge in [0.15, 0.2) is 5.03 Å². The third kappa shape index (κ3) is 6.21. The summed E-state index contributed by atoms with van der Waals surface area (Å²) in [5.74, 6) is 0.820. The second-order valence-corrected chi connectivity index (χ2v) is 12.6. The Labute approximate surface area is 231 Å². The van der Waals surface area contributed by atoms with Crippen molar-refractivity contribution in [2.45, 2.75) is 45.1 Å². The number of fused-ring (bicyclic) bond motifs is 2. The molecule has 1 aliphatic carbocycles. The Bertz CT molecular complexity index is 1490. The largest absolute Gasteiger partial charge is 0.493 e. The van der Waals surface area contributed by atoms with Crippen molar-refractivity contribution >= 4 is 21.7 Å². The Morgan fingerprint density at radius 1 is 1.13 bits per heavy atom. The maximum absolute atomic E-state index is 14.5. The fourth-order valence-electron chi connectivity index (χ4n) is 5.36. The highest BCUT2D eigenvalue weighted by Crippen LogP contribution is 2.39. The third-order valence-corrected chi connectivity index (χ3v) is 8.37. The van der Waals surface area contributed by atoms with E-state index in [1.54, 1.807) is 37.3 Å². The predicted molar refractivity (Wildman–Crippen MR) is 151 cm³/mol. The Morgan fingerprint density at radius 2 is 1.87 bits per heavy atom. The molecule has 2 aromatic heterocycles. The van der Waals surface area contributed by atoms with Gasteiger partial charge in [0.1, 0.15) is 17.4 Å². The van der Waals surface area contributed by atoms with Gasteiger partial charge in [-0.2, -0.15) is 8.42 Å². The number of pyridine rings is 2. The lowest BCUT2D eigenvalue weighted by atomic mass is 9.98. The maximum atomic E-state index is 14.5. The van der Waals surface area contributed by atoms with Crippen LogP contribution in [0.5, 0.6) is 5.75 Å². The topological polar surface area (TPSA) is 101 Å². The molecule has 2 bridgehead atoms. The second kappa shape index (κ2) is 10.9. The van der Waals surface area contributed by atoms with E-state index in [1.165, 1.54) is 18.2 Å². The van der Waals surface area contributed by atoms with Crippen molar-refractivity contribution < 1.29 is 25.2 Å². The van der Waals surface area contributed by atoms with Gasteiger partial charge in [-0.15, -0.1) is 0 Å². The highest BCUT2D eigenvalue weighted by Gasteiger charge is 2.35. The van der Waals surface area contributed by atoms with Crippen LogP contribution < -0.4 is 14.4 Å². The van der Waals surface area contributed by atoms with Crippen LogP contribution >= 0.6 is 0 Å². The Balaban J connectivity index is 0.00000231. The van der Waals surface area contributed by atoms with E-state index in [2.05, 4.69) is 14.6 Å². The Kier molecular flexibility index (Phi) is 7.57. The molecule has 1 N–H and O–H groups in total. The van der Waals surface area contributed by atoms with Crippen LogP contribution in [0.25, 0.3) is 11.3 Å². The number of aromatic nitrogens is 2. The quantitative estimate of drug-likeness (QED) is 0.392. The van der Waals surface area contributed by atoms with Gasteiger partial charge in [0, 0.05) is 33.3 Å². The lowest BCUT2D eigenvalue weighted by Gasteiger charge is -2.34. The molecular weight excluding hydrogens is 519 g/mol. The molecule has 1 aromatic carbocycles. The molecule has 5 rings (SSSR count). The van der Waals surface area contributed by atoms with Crippen LogP contribution in [-0.2, 0) is 10.0 Å². The first-order valence-electron chi connectivity index (χ1n) is 13.3. The molecular formula is C29H37FN4O4S. The zero-order valence-electron chi connectivity index (χ0n) is 22.4. The monoisotopic (exact) mass is 556 g/mol. The maximum Gasteiger partial charge on any atom is 0.281 e. The molecule has 3 aromatic rings. The van der Waals surface area contributed by atoms with Gasteiger partial charge in [0.05, 0.1) is 17.9 Å². The number of piperidine rings is 1. The summed E-state index contributed by atoms with van der Waals surface area (Å²) in [4.78, 5) is 24.3. The van der Waals surface area contributed by atoms with Crippen LogP contribution in [0.1, 0.15) is 52.0 Å². The Morgan fingerprint density at radius 3 is 2.56 bits per heavy atom. The molecule has 1 aliphatic heterocycles. The van der Waals surface area contributed by atoms with E-state index in [4.69, 9.17) is 9.72 Å². The fraction of sp³-hybridized carbons (Fsp3) is 0.414. The molecule has 1 unspecified atom stereocenters. The normalized spacial score (nSPS) is 18.8. The van der Waals surface area contributed by atoms with Gasteiger partial charge in [-0.1, -0.05) is 19.9 Å². The summed E-state index contributed by atoms with van der Waals surface area (Å²) in [7, 11) is -4.20. The van der Waals surface area contributed by atoms with Crippen molar-refractivity contribution in [2.24, 2.45) is 17.8 Å². The average Bonchev–Trinajstić information content (AvgIpc) is 3.23. The molecule has 8 nitrogen and oxygen atoms in total. The van der Waals surface area contributed by atoms with Gasteiger partial charge in [-0.3, -0.25) is 4.79 Å². The van der Waals surface area contributed by atoms with Crippen molar-refractivity contribution in [3.05, 3.63) is 65.6 Å². The minimum Gasteiger partial charge on any atom is -0.493 e. The molecule has 210 valence electrons. The van der Waals surface area contributed by atoms with E-state index in [0.29, 0.717) is 47.0 Å². The number of carbonyl (C=O) groups excluding carboxylic acids is 1. The van der Waals surface area contributed by atoms with E-state index in [1.807, 2.05) is 13.8 Å². The molecule has 2 atom stereocenters. The van der Waals surface area contributed by atoms with E-state index in [0.717, 1.165) is 32.4 Å². The van der Waals surface area contributed by atoms with Crippen molar-refractivity contribution in [3.63, 3.8) is 0 Å². The number of hydrogen-bond donors (Lipinski definition) is 1. The number of ether oxygens (including phenoxy) is 1. The van der Waals surface area contributed by atoms with Crippen LogP contribution in [0.2, 0.25) is 0 Å². The second-order valence-electron chi connectivity index (χ2n) is 11.0. The lowest BCUT2D eigenvalue weighted by molar-refractivity contribution is 0.0981. The summed E-state index contributed by atoms with van der Waals surface area (Å²) < 4.78 is 48.4. The number of benzene rings is 1. The van der Waals surface area contributed by atoms with Crippen molar-refractivity contribution in [1.82, 2.24) is 14.7 Å². The van der Waals surface area contributed by atoms with Crippen LogP contribution in [0, 0.1) is 30.5 Å². The van der Waals surface area contributed by atoms with Gasteiger partial charge in [0.2, 0.25) is 0 Å². The predicted octanol–water partition coefficient (Wildman–Crippen LogP) is 5.47. The number of anilines is 1. The van der Waals surface area contributed by atoms with Gasteiger partial charge < -0.3 is 9.64 Å². The number of amides is 1. The van der Waals surface area contributed by atoms with E-state index < -0.39 is 21.7 Å². The summed E-state index contributed by atoms with van der Waals surface area (Å²) in [6.07, 6.45) is 3.39. The van der Waals surface area contributed by atoms with E-state index in [-0.39, 0.29) is 19.4 Å². The van der Waals surface area contributed by atoms with Crippen molar-refractivity contribution in [2.75, 3.05) is 24.6 Å². The number of carbonyl (C=O) groups is 1. The molecule has 1 saturated heterocycles. The lowest BCUT2D eigenvalue weighted by Crippen LogP contribution is -2.39. The molecule has 0 radical (unpaired) electrons. The average molecular weight is 557 g/mol. The fourth-order valence-corrected chi connectivity index (χ4v) is 6.34. The van der Waals surface area contributed by atoms with Gasteiger partial charge in [-0.25, -0.2) is 19.1 Å². The first-order valence-corrected chi connectivity index (χ1v) is 14.8. The number of sulfonamides is 1. The summed E-state index contributed by atoms with van der Waals surface area (Å²) in [5.41, 5.74) is 1.65. The van der Waals surface area contributed by atoms with Gasteiger partial charge in [0.25, 0.3) is 15.9 Å². The standard InChI is InChI=1S/C29H33FN4O4S.2H2/c1-18(2)17-38-24-13-22(12-23(30)14-24)26-10-9-25(28(32-26)34-15-20-7-8-21(11-20)16-34)29(35)33-39(36,37)27-6-4-5-19(3)31-27;;/h4-6,9-10,12-14,18,20-21H,7-8,11,15-17H2,1-3H3,(H,33,35);2*1H/t20-,21?;;/m0../s1.